The number of nitrogens with zero attached hydrogens (tertiary/aromatic N) is 1. The van der Waals surface area contributed by atoms with Crippen molar-refractivity contribution >= 4 is 11.4 Å². The first kappa shape index (κ1) is 14.6. The quantitative estimate of drug-likeness (QED) is 0.631. The van der Waals surface area contributed by atoms with E-state index in [-0.39, 0.29) is 22.3 Å². The molecule has 0 heterocycles. The van der Waals surface area contributed by atoms with Crippen molar-refractivity contribution in [1.82, 2.24) is 0 Å². The molecule has 0 atom stereocenters. The highest BCUT2D eigenvalue weighted by atomic mass is 16.6. The molecule has 1 aromatic rings. The summed E-state index contributed by atoms with van der Waals surface area (Å²) >= 11 is 0. The Morgan fingerprint density at radius 2 is 2.00 bits per heavy atom. The molecular weight excluding hydrogens is 256 g/mol. The Morgan fingerprint density at radius 3 is 2.50 bits per heavy atom. The number of anilines is 1. The number of hydrogen-bond donors (Lipinski definition) is 1. The van der Waals surface area contributed by atoms with E-state index in [2.05, 4.69) is 19.2 Å². The van der Waals surface area contributed by atoms with Crippen molar-refractivity contribution in [1.29, 1.82) is 0 Å². The van der Waals surface area contributed by atoms with Crippen molar-refractivity contribution in [2.75, 3.05) is 5.32 Å². The maximum absolute atomic E-state index is 11.0. The van der Waals surface area contributed by atoms with Crippen LogP contribution in [0, 0.1) is 16.0 Å². The smallest absolute Gasteiger partial charge is 0.275 e. The van der Waals surface area contributed by atoms with Gasteiger partial charge in [-0.2, -0.15) is 0 Å². The molecule has 2 rings (SSSR count). The minimum absolute atomic E-state index is 0.0127. The minimum Gasteiger partial charge on any atom is -0.491 e. The number of rotatable bonds is 6. The van der Waals surface area contributed by atoms with Crippen LogP contribution in [0.1, 0.15) is 40.5 Å². The third-order valence-electron chi connectivity index (χ3n) is 3.54. The molecule has 0 amide bonds. The Morgan fingerprint density at radius 1 is 1.35 bits per heavy atom. The minimum atomic E-state index is -0.386. The van der Waals surface area contributed by atoms with Gasteiger partial charge >= 0.3 is 0 Å². The van der Waals surface area contributed by atoms with E-state index in [0.29, 0.717) is 11.7 Å². The van der Waals surface area contributed by atoms with Crippen molar-refractivity contribution in [3.63, 3.8) is 0 Å². The zero-order valence-corrected chi connectivity index (χ0v) is 12.5. The summed E-state index contributed by atoms with van der Waals surface area (Å²) in [6.07, 6.45) is 2.41. The van der Waals surface area contributed by atoms with E-state index in [4.69, 9.17) is 4.74 Å². The van der Waals surface area contributed by atoms with E-state index in [1.807, 2.05) is 19.9 Å². The standard InChI is InChI=1S/C15H22N2O3/c1-10(2)20-14-8-12(7-13(9-14)17(18)19)16-15(3,4)11-5-6-11/h7-11,16H,5-6H2,1-4H3. The van der Waals surface area contributed by atoms with Gasteiger partial charge in [-0.25, -0.2) is 0 Å². The molecule has 1 aromatic carbocycles. The average Bonchev–Trinajstić information content (AvgIpc) is 3.10. The molecule has 0 spiro atoms. The monoisotopic (exact) mass is 278 g/mol. The molecule has 1 aliphatic rings. The van der Waals surface area contributed by atoms with Gasteiger partial charge in [-0.3, -0.25) is 10.1 Å². The molecule has 0 radical (unpaired) electrons. The lowest BCUT2D eigenvalue weighted by Crippen LogP contribution is -2.33. The van der Waals surface area contributed by atoms with Crippen LogP contribution in [0.2, 0.25) is 0 Å². The molecule has 20 heavy (non-hydrogen) atoms. The van der Waals surface area contributed by atoms with Crippen molar-refractivity contribution in [2.45, 2.75) is 52.2 Å². The van der Waals surface area contributed by atoms with Gasteiger partial charge < -0.3 is 10.1 Å². The maximum atomic E-state index is 11.0. The van der Waals surface area contributed by atoms with Crippen LogP contribution in [0.3, 0.4) is 0 Å². The van der Waals surface area contributed by atoms with Gasteiger partial charge in [0.05, 0.1) is 17.1 Å². The SMILES string of the molecule is CC(C)Oc1cc(NC(C)(C)C2CC2)cc([N+](=O)[O-])c1. The van der Waals surface area contributed by atoms with E-state index < -0.39 is 0 Å². The molecule has 0 unspecified atom stereocenters. The highest BCUT2D eigenvalue weighted by Crippen LogP contribution is 2.41. The van der Waals surface area contributed by atoms with Gasteiger partial charge in [-0.1, -0.05) is 0 Å². The van der Waals surface area contributed by atoms with E-state index in [0.717, 1.165) is 5.69 Å². The molecule has 0 aliphatic heterocycles. The van der Waals surface area contributed by atoms with Crippen LogP contribution in [0.5, 0.6) is 5.75 Å². The summed E-state index contributed by atoms with van der Waals surface area (Å²) < 4.78 is 5.59. The number of nitro benzene ring substituents is 1. The number of nitrogens with one attached hydrogen (secondary N) is 1. The largest absolute Gasteiger partial charge is 0.491 e. The summed E-state index contributed by atoms with van der Waals surface area (Å²) in [6.45, 7) is 8.07. The molecular formula is C15H22N2O3. The highest BCUT2D eigenvalue weighted by molar-refractivity contribution is 5.57. The van der Waals surface area contributed by atoms with Crippen molar-refractivity contribution in [2.24, 2.45) is 5.92 Å². The van der Waals surface area contributed by atoms with Crippen molar-refractivity contribution in [3.8, 4) is 5.75 Å². The fourth-order valence-corrected chi connectivity index (χ4v) is 2.38. The molecule has 1 saturated carbocycles. The molecule has 0 bridgehead atoms. The van der Waals surface area contributed by atoms with Gasteiger partial charge in [0.1, 0.15) is 5.75 Å². The maximum Gasteiger partial charge on any atom is 0.275 e. The van der Waals surface area contributed by atoms with Gasteiger partial charge in [0.15, 0.2) is 0 Å². The van der Waals surface area contributed by atoms with E-state index in [9.17, 15) is 10.1 Å². The first-order valence-corrected chi connectivity index (χ1v) is 7.02. The van der Waals surface area contributed by atoms with E-state index >= 15 is 0 Å². The van der Waals surface area contributed by atoms with Crippen LogP contribution >= 0.6 is 0 Å². The first-order valence-electron chi connectivity index (χ1n) is 7.02. The van der Waals surface area contributed by atoms with Crippen LogP contribution in [0.4, 0.5) is 11.4 Å². The second kappa shape index (κ2) is 5.31. The summed E-state index contributed by atoms with van der Waals surface area (Å²) in [7, 11) is 0. The zero-order valence-electron chi connectivity index (χ0n) is 12.5. The lowest BCUT2D eigenvalue weighted by Gasteiger charge is -2.27. The third kappa shape index (κ3) is 3.62. The Bertz CT molecular complexity index is 508. The normalized spacial score (nSPS) is 15.2. The summed E-state index contributed by atoms with van der Waals surface area (Å²) in [5, 5.41) is 14.4. The summed E-state index contributed by atoms with van der Waals surface area (Å²) in [6, 6.07) is 4.86. The fraction of sp³-hybridized carbons (Fsp3) is 0.600. The number of nitro groups is 1. The summed E-state index contributed by atoms with van der Waals surface area (Å²) in [5.74, 6) is 1.17. The van der Waals surface area contributed by atoms with Crippen LogP contribution in [0.25, 0.3) is 0 Å². The number of non-ortho nitro benzene ring substituents is 1. The Hall–Kier alpha value is -1.78. The molecule has 1 fully saturated rings. The number of ether oxygens (including phenoxy) is 1. The topological polar surface area (TPSA) is 64.4 Å². The van der Waals surface area contributed by atoms with Gasteiger partial charge in [0.25, 0.3) is 5.69 Å². The van der Waals surface area contributed by atoms with Gasteiger partial charge in [0, 0.05) is 23.4 Å². The first-order chi connectivity index (χ1) is 9.28. The van der Waals surface area contributed by atoms with E-state index in [1.54, 1.807) is 6.07 Å². The molecule has 1 N–H and O–H groups in total. The fourth-order valence-electron chi connectivity index (χ4n) is 2.38. The van der Waals surface area contributed by atoms with Crippen LogP contribution in [-0.2, 0) is 0 Å². The Kier molecular flexibility index (Phi) is 3.88. The predicted octanol–water partition coefficient (Wildman–Crippen LogP) is 3.98. The second-order valence-corrected chi connectivity index (χ2v) is 6.26. The van der Waals surface area contributed by atoms with Crippen molar-refractivity contribution in [3.05, 3.63) is 28.3 Å². The highest BCUT2D eigenvalue weighted by Gasteiger charge is 2.37. The predicted molar refractivity (Wildman–Crippen MR) is 79.3 cm³/mol. The number of hydrogen-bond acceptors (Lipinski definition) is 4. The molecule has 5 nitrogen and oxygen atoms in total. The Balaban J connectivity index is 2.26. The summed E-state index contributed by atoms with van der Waals surface area (Å²) in [4.78, 5) is 10.6. The number of benzene rings is 1. The summed E-state index contributed by atoms with van der Waals surface area (Å²) in [5.41, 5.74) is 0.744. The molecule has 5 heteroatoms. The molecule has 110 valence electrons. The lowest BCUT2D eigenvalue weighted by atomic mass is 9.98. The average molecular weight is 278 g/mol. The van der Waals surface area contributed by atoms with E-state index in [1.165, 1.54) is 18.9 Å². The Labute approximate surface area is 119 Å². The zero-order chi connectivity index (χ0) is 14.9. The van der Waals surface area contributed by atoms with Gasteiger partial charge in [-0.05, 0) is 46.5 Å². The van der Waals surface area contributed by atoms with Crippen LogP contribution in [-0.4, -0.2) is 16.6 Å². The van der Waals surface area contributed by atoms with Crippen LogP contribution in [0.15, 0.2) is 18.2 Å². The van der Waals surface area contributed by atoms with Gasteiger partial charge in [-0.15, -0.1) is 0 Å². The second-order valence-electron chi connectivity index (χ2n) is 6.26. The van der Waals surface area contributed by atoms with Gasteiger partial charge in [0.2, 0.25) is 0 Å². The molecule has 0 aromatic heterocycles. The lowest BCUT2D eigenvalue weighted by molar-refractivity contribution is -0.384. The molecule has 0 saturated heterocycles. The molecule has 1 aliphatic carbocycles. The van der Waals surface area contributed by atoms with Crippen molar-refractivity contribution < 1.29 is 9.66 Å². The van der Waals surface area contributed by atoms with Crippen LogP contribution < -0.4 is 10.1 Å². The third-order valence-corrected chi connectivity index (χ3v) is 3.54.